The molecule has 0 bridgehead atoms. The van der Waals surface area contributed by atoms with Gasteiger partial charge in [0.25, 0.3) is 5.91 Å². The number of nitrogens with zero attached hydrogens (tertiary/aromatic N) is 6. The second kappa shape index (κ2) is 13.0. The first-order chi connectivity index (χ1) is 23.8. The minimum atomic E-state index is -0.675. The maximum atomic E-state index is 12.8. The number of nitrogens with two attached hydrogens (primary N) is 1. The van der Waals surface area contributed by atoms with Gasteiger partial charge in [0.15, 0.2) is 17.3 Å². The maximum Gasteiger partial charge on any atom is 0.271 e. The molecule has 5 fully saturated rings. The summed E-state index contributed by atoms with van der Waals surface area (Å²) in [5, 5.41) is 7.04. The molecule has 6 heterocycles. The third kappa shape index (κ3) is 6.41. The van der Waals surface area contributed by atoms with Gasteiger partial charge < -0.3 is 35.6 Å². The van der Waals surface area contributed by atoms with Crippen molar-refractivity contribution in [3.63, 3.8) is 0 Å². The van der Waals surface area contributed by atoms with Gasteiger partial charge in [0.1, 0.15) is 17.1 Å². The number of hydrogen-bond acceptors (Lipinski definition) is 11. The third-order valence-electron chi connectivity index (χ3n) is 11.8. The highest BCUT2D eigenvalue weighted by Gasteiger charge is 2.52. The number of aromatic nitrogens is 3. The quantitative estimate of drug-likeness (QED) is 0.301. The summed E-state index contributed by atoms with van der Waals surface area (Å²) in [6.45, 7) is 8.58. The molecule has 5 aliphatic rings. The van der Waals surface area contributed by atoms with E-state index in [1.807, 2.05) is 18.2 Å². The van der Waals surface area contributed by atoms with Gasteiger partial charge in [0, 0.05) is 67.9 Å². The summed E-state index contributed by atoms with van der Waals surface area (Å²) in [6.07, 6.45) is 9.84. The Morgan fingerprint density at radius 1 is 0.959 bits per heavy atom. The molecule has 1 aliphatic carbocycles. The van der Waals surface area contributed by atoms with Crippen molar-refractivity contribution in [2.45, 2.75) is 57.0 Å². The van der Waals surface area contributed by atoms with Crippen LogP contribution in [0.25, 0.3) is 11.4 Å². The van der Waals surface area contributed by atoms with E-state index in [1.54, 1.807) is 19.4 Å². The highest BCUT2D eigenvalue weighted by atomic mass is 16.5. The number of ether oxygens (including phenoxy) is 2. The Morgan fingerprint density at radius 2 is 1.71 bits per heavy atom. The van der Waals surface area contributed by atoms with Crippen LogP contribution in [0.2, 0.25) is 0 Å². The summed E-state index contributed by atoms with van der Waals surface area (Å²) < 4.78 is 11.5. The van der Waals surface area contributed by atoms with Crippen molar-refractivity contribution in [1.82, 2.24) is 24.8 Å². The number of nitrogens with one attached hydrogen (secondary N) is 2. The molecule has 1 aromatic carbocycles. The standard InChI is InChI=1S/C37H49N9O3/c1-44-19-14-36(15-20-44)22-46(23-36)27-9-17-45(18-10-27)26-7-5-25(6-8-26)40-35-32(33(38)47)42-31(30-28(48-2)4-3-16-39-30)34(43-35)41-29-11-21-49-24-37(29)12-13-37/h3-8,16,27,29H,9-15,17-24H2,1-2H3,(H2,38,47)(H2,40,41,43). The number of rotatable bonds is 9. The zero-order chi connectivity index (χ0) is 33.6. The molecule has 260 valence electrons. The normalized spacial score (nSPS) is 23.6. The molecule has 1 unspecified atom stereocenters. The summed E-state index contributed by atoms with van der Waals surface area (Å²) in [7, 11) is 3.84. The van der Waals surface area contributed by atoms with E-state index in [1.165, 1.54) is 57.5 Å². The van der Waals surface area contributed by atoms with Crippen LogP contribution in [0.5, 0.6) is 5.75 Å². The number of benzene rings is 1. The number of hydrogen-bond donors (Lipinski definition) is 3. The maximum absolute atomic E-state index is 12.8. The van der Waals surface area contributed by atoms with E-state index in [2.05, 4.69) is 49.5 Å². The Morgan fingerprint density at radius 3 is 2.41 bits per heavy atom. The Hall–Kier alpha value is -4.00. The van der Waals surface area contributed by atoms with Crippen LogP contribution in [0.1, 0.15) is 55.4 Å². The number of amides is 1. The third-order valence-corrected chi connectivity index (χ3v) is 11.8. The Kier molecular flexibility index (Phi) is 8.57. The van der Waals surface area contributed by atoms with E-state index in [0.29, 0.717) is 46.8 Å². The van der Waals surface area contributed by atoms with Crippen LogP contribution < -0.4 is 26.0 Å². The van der Waals surface area contributed by atoms with Gasteiger partial charge in [-0.15, -0.1) is 0 Å². The molecule has 0 radical (unpaired) electrons. The van der Waals surface area contributed by atoms with Crippen molar-refractivity contribution in [2.24, 2.45) is 16.6 Å². The SMILES string of the molecule is COc1cccnc1-c1nc(C(N)=O)c(Nc2ccc(N3CCC(N4CC5(CCN(C)CC5)C4)CC3)cc2)nc1NC1CCOCC12CC2. The van der Waals surface area contributed by atoms with Crippen molar-refractivity contribution in [3.8, 4) is 17.1 Å². The van der Waals surface area contributed by atoms with Crippen LogP contribution in [0.3, 0.4) is 0 Å². The molecule has 49 heavy (non-hydrogen) atoms. The lowest BCUT2D eigenvalue weighted by Gasteiger charge is -2.57. The predicted molar refractivity (Wildman–Crippen MR) is 191 cm³/mol. The zero-order valence-electron chi connectivity index (χ0n) is 28.8. The monoisotopic (exact) mass is 667 g/mol. The second-order valence-electron chi connectivity index (χ2n) is 15.0. The summed E-state index contributed by atoms with van der Waals surface area (Å²) in [4.78, 5) is 34.8. The zero-order valence-corrected chi connectivity index (χ0v) is 28.8. The number of anilines is 4. The van der Waals surface area contributed by atoms with Gasteiger partial charge in [0.2, 0.25) is 0 Å². The van der Waals surface area contributed by atoms with Gasteiger partial charge in [-0.2, -0.15) is 0 Å². The van der Waals surface area contributed by atoms with Gasteiger partial charge in [-0.25, -0.2) is 9.97 Å². The number of piperidine rings is 2. The van der Waals surface area contributed by atoms with Crippen LogP contribution >= 0.6 is 0 Å². The van der Waals surface area contributed by atoms with Crippen molar-refractivity contribution in [1.29, 1.82) is 0 Å². The Labute approximate surface area is 288 Å². The topological polar surface area (TPSA) is 134 Å². The second-order valence-corrected chi connectivity index (χ2v) is 15.0. The number of carbonyl (C=O) groups excluding carboxylic acids is 1. The Balaban J connectivity index is 0.982. The molecule has 8 rings (SSSR count). The van der Waals surface area contributed by atoms with E-state index in [0.717, 1.165) is 44.6 Å². The van der Waals surface area contributed by atoms with E-state index in [-0.39, 0.29) is 17.2 Å². The molecule has 2 spiro atoms. The first-order valence-electron chi connectivity index (χ1n) is 17.9. The molecule has 4 aliphatic heterocycles. The van der Waals surface area contributed by atoms with Crippen LogP contribution in [-0.2, 0) is 4.74 Å². The lowest BCUT2D eigenvalue weighted by Crippen LogP contribution is -2.63. The lowest BCUT2D eigenvalue weighted by molar-refractivity contribution is -0.0704. The van der Waals surface area contributed by atoms with E-state index < -0.39 is 5.91 Å². The van der Waals surface area contributed by atoms with Gasteiger partial charge >= 0.3 is 0 Å². The smallest absolute Gasteiger partial charge is 0.271 e. The van der Waals surface area contributed by atoms with Crippen LogP contribution in [-0.4, -0.2) is 109 Å². The molecule has 4 saturated heterocycles. The largest absolute Gasteiger partial charge is 0.494 e. The number of methoxy groups -OCH3 is 1. The van der Waals surface area contributed by atoms with E-state index >= 15 is 0 Å². The number of primary amides is 1. The van der Waals surface area contributed by atoms with Crippen LogP contribution in [0, 0.1) is 10.8 Å². The molecule has 2 aromatic heterocycles. The summed E-state index contributed by atoms with van der Waals surface area (Å²) in [5.41, 5.74) is 9.55. The van der Waals surface area contributed by atoms with E-state index in [4.69, 9.17) is 25.2 Å². The first-order valence-corrected chi connectivity index (χ1v) is 17.9. The predicted octanol–water partition coefficient (Wildman–Crippen LogP) is 4.37. The van der Waals surface area contributed by atoms with Crippen LogP contribution in [0.4, 0.5) is 23.0 Å². The fourth-order valence-electron chi connectivity index (χ4n) is 8.48. The van der Waals surface area contributed by atoms with Crippen molar-refractivity contribution in [2.75, 3.05) is 82.2 Å². The molecular weight excluding hydrogens is 618 g/mol. The average molecular weight is 668 g/mol. The minimum Gasteiger partial charge on any atom is -0.494 e. The van der Waals surface area contributed by atoms with Gasteiger partial charge in [-0.3, -0.25) is 14.7 Å². The molecule has 12 nitrogen and oxygen atoms in total. The number of carbonyl (C=O) groups is 1. The minimum absolute atomic E-state index is 0.0422. The fourth-order valence-corrected chi connectivity index (χ4v) is 8.48. The van der Waals surface area contributed by atoms with Crippen molar-refractivity contribution < 1.29 is 14.3 Å². The van der Waals surface area contributed by atoms with Gasteiger partial charge in [-0.05, 0) is 107 Å². The van der Waals surface area contributed by atoms with Gasteiger partial charge in [-0.1, -0.05) is 0 Å². The lowest BCUT2D eigenvalue weighted by atomic mass is 9.71. The molecule has 1 saturated carbocycles. The fraction of sp³-hybridized carbons (Fsp3) is 0.568. The van der Waals surface area contributed by atoms with E-state index in [9.17, 15) is 4.79 Å². The van der Waals surface area contributed by atoms with Crippen molar-refractivity contribution in [3.05, 3.63) is 48.3 Å². The summed E-state index contributed by atoms with van der Waals surface area (Å²) in [5.74, 6) is 0.697. The van der Waals surface area contributed by atoms with Crippen molar-refractivity contribution >= 4 is 28.9 Å². The van der Waals surface area contributed by atoms with Gasteiger partial charge in [0.05, 0.1) is 13.7 Å². The Bertz CT molecular complexity index is 1660. The molecule has 1 atom stereocenters. The summed E-state index contributed by atoms with van der Waals surface area (Å²) in [6, 6.07) is 12.8. The average Bonchev–Trinajstić information content (AvgIpc) is 3.89. The van der Waals surface area contributed by atoms with Crippen LogP contribution in [0.15, 0.2) is 42.6 Å². The highest BCUT2D eigenvalue weighted by molar-refractivity contribution is 5.97. The first kappa shape index (κ1) is 32.2. The molecule has 4 N–H and O–H groups in total. The molecular formula is C37H49N9O3. The number of likely N-dealkylation sites (tertiary alicyclic amines) is 2. The number of pyridine rings is 1. The molecule has 1 amide bonds. The molecule has 12 heteroatoms. The summed E-state index contributed by atoms with van der Waals surface area (Å²) >= 11 is 0. The highest BCUT2D eigenvalue weighted by Crippen LogP contribution is 2.53. The molecule has 3 aromatic rings.